The summed E-state index contributed by atoms with van der Waals surface area (Å²) in [5.74, 6) is -3.12. The first-order valence-corrected chi connectivity index (χ1v) is 14.9. The number of imide groups is 2. The van der Waals surface area contributed by atoms with Gasteiger partial charge in [0.05, 0.1) is 17.0 Å². The fraction of sp³-hybridized carbons (Fsp3) is 0.379. The van der Waals surface area contributed by atoms with Gasteiger partial charge in [-0.15, -0.1) is 18.2 Å². The number of hydrogen-bond donors (Lipinski definition) is 4. The van der Waals surface area contributed by atoms with Gasteiger partial charge >= 0.3 is 18.9 Å². The molecule has 4 N–H and O–H groups in total. The Bertz CT molecular complexity index is 1530. The van der Waals surface area contributed by atoms with Crippen LogP contribution < -0.4 is 34.2 Å². The minimum Gasteiger partial charge on any atom is -0.534 e. The van der Waals surface area contributed by atoms with Gasteiger partial charge in [-0.05, 0) is 56.3 Å². The van der Waals surface area contributed by atoms with Crippen molar-refractivity contribution in [2.45, 2.75) is 38.1 Å². The van der Waals surface area contributed by atoms with E-state index in [9.17, 15) is 41.9 Å². The summed E-state index contributed by atoms with van der Waals surface area (Å²) in [6.07, 6.45) is 2.85. The average molecular weight is 636 g/mol. The van der Waals surface area contributed by atoms with Crippen molar-refractivity contribution >= 4 is 46.1 Å². The third kappa shape index (κ3) is 9.54. The number of nitrogens with one attached hydrogen (secondary N) is 3. The fourth-order valence-electron chi connectivity index (χ4n) is 5.45. The van der Waals surface area contributed by atoms with Crippen LogP contribution in [-0.2, 0) is 40.1 Å². The molecule has 16 heteroatoms. The summed E-state index contributed by atoms with van der Waals surface area (Å²) >= 11 is 0. The zero-order valence-corrected chi connectivity index (χ0v) is 25.4. The van der Waals surface area contributed by atoms with E-state index in [4.69, 9.17) is 0 Å². The summed E-state index contributed by atoms with van der Waals surface area (Å²) in [5.41, 5.74) is 1.99. The van der Waals surface area contributed by atoms with Gasteiger partial charge in [-0.3, -0.25) is 29.4 Å². The molecule has 236 valence electrons. The first-order chi connectivity index (χ1) is 20.9. The van der Waals surface area contributed by atoms with Crippen LogP contribution in [0.25, 0.3) is 0 Å². The molecule has 0 bridgehead atoms. The van der Waals surface area contributed by atoms with E-state index < -0.39 is 52.3 Å². The Morgan fingerprint density at radius 1 is 1.11 bits per heavy atom. The number of halogens is 1. The summed E-state index contributed by atoms with van der Waals surface area (Å²) in [6.45, 7) is 6.12. The van der Waals surface area contributed by atoms with E-state index in [-0.39, 0.29) is 48.6 Å². The van der Waals surface area contributed by atoms with Gasteiger partial charge in [-0.25, -0.2) is 4.39 Å². The summed E-state index contributed by atoms with van der Waals surface area (Å²) < 4.78 is 33.8. The quantitative estimate of drug-likeness (QED) is 0.107. The van der Waals surface area contributed by atoms with E-state index in [2.05, 4.69) is 28.5 Å². The molecule has 2 aromatic rings. The number of phenolic OH excluding ortho intramolecular Hbond substituents is 1. The number of benzene rings is 2. The normalized spacial score (nSPS) is 19.4. The van der Waals surface area contributed by atoms with Crippen molar-refractivity contribution in [1.82, 2.24) is 19.8 Å². The second-order valence-electron chi connectivity index (χ2n) is 10.6. The van der Waals surface area contributed by atoms with Crippen LogP contribution in [0, 0.1) is 24.7 Å². The number of fused-ring (bicyclic) bond motifs is 1. The fourth-order valence-corrected chi connectivity index (χ4v) is 5.64. The smallest absolute Gasteiger partial charge is 0.534 e. The number of carbonyl (C=O) groups is 5. The second kappa shape index (κ2) is 15.9. The van der Waals surface area contributed by atoms with Crippen LogP contribution in [-0.4, -0.2) is 76.7 Å². The third-order valence-electron chi connectivity index (χ3n) is 7.49. The molecule has 0 saturated carbocycles. The Labute approximate surface area is 273 Å². The predicted molar refractivity (Wildman–Crippen MR) is 154 cm³/mol. The van der Waals surface area contributed by atoms with Crippen LogP contribution in [0.3, 0.4) is 0 Å². The van der Waals surface area contributed by atoms with E-state index in [1.165, 1.54) is 10.8 Å². The molecule has 1 unspecified atom stereocenters. The molecule has 2 saturated heterocycles. The van der Waals surface area contributed by atoms with E-state index in [1.54, 1.807) is 24.3 Å². The third-order valence-corrected chi connectivity index (χ3v) is 7.88. The molecule has 0 aliphatic carbocycles. The number of phenols is 1. The Balaban J connectivity index is 0.000000621. The predicted octanol–water partition coefficient (Wildman–Crippen LogP) is -1.74. The minimum atomic E-state index is -2.51. The SMILES string of the molecule is O=C1CCC(N2C(=O)c3ccc(NCC[C@@H]4CCN(CCc5cc(O)[c-]c(F)c5)C4)cc3C2=O)C(=O)N1.[CH2-]C(=O)N[S-](=O)=O.[Li+]. The Kier molecular flexibility index (Phi) is 12.6. The number of hydrogen-bond acceptors (Lipinski definition) is 11. The molecule has 45 heavy (non-hydrogen) atoms. The summed E-state index contributed by atoms with van der Waals surface area (Å²) in [4.78, 5) is 62.4. The van der Waals surface area contributed by atoms with Crippen LogP contribution in [0.1, 0.15) is 52.0 Å². The molecule has 0 radical (unpaired) electrons. The minimum absolute atomic E-state index is 0. The van der Waals surface area contributed by atoms with Crippen molar-refractivity contribution in [2.24, 2.45) is 5.92 Å². The van der Waals surface area contributed by atoms with E-state index in [0.29, 0.717) is 18.9 Å². The summed E-state index contributed by atoms with van der Waals surface area (Å²) in [5, 5.41) is 15.0. The van der Waals surface area contributed by atoms with Crippen LogP contribution in [0.5, 0.6) is 5.75 Å². The number of amides is 5. The number of nitrogens with zero attached hydrogens (tertiary/aromatic N) is 2. The van der Waals surface area contributed by atoms with Crippen molar-refractivity contribution in [3.8, 4) is 5.75 Å². The maximum atomic E-state index is 13.4. The van der Waals surface area contributed by atoms with E-state index >= 15 is 0 Å². The average Bonchev–Trinajstić information content (AvgIpc) is 3.49. The van der Waals surface area contributed by atoms with Crippen LogP contribution in [0.2, 0.25) is 0 Å². The molecular weight excluding hydrogens is 604 g/mol. The second-order valence-corrected chi connectivity index (χ2v) is 11.3. The van der Waals surface area contributed by atoms with Crippen molar-refractivity contribution in [1.29, 1.82) is 0 Å². The summed E-state index contributed by atoms with van der Waals surface area (Å²) in [6, 6.07) is 9.19. The van der Waals surface area contributed by atoms with Crippen molar-refractivity contribution in [2.75, 3.05) is 31.5 Å². The molecule has 3 heterocycles. The van der Waals surface area contributed by atoms with E-state index in [1.807, 2.05) is 0 Å². The number of rotatable bonds is 9. The Morgan fingerprint density at radius 3 is 2.49 bits per heavy atom. The number of aromatic hydroxyl groups is 1. The maximum Gasteiger partial charge on any atom is 1.00 e. The number of anilines is 1. The molecule has 5 amide bonds. The van der Waals surface area contributed by atoms with Gasteiger partial charge in [0.15, 0.2) is 0 Å². The van der Waals surface area contributed by atoms with Crippen molar-refractivity contribution in [3.05, 3.63) is 65.8 Å². The Hall–Kier alpha value is -3.90. The molecule has 3 aliphatic rings. The zero-order valence-electron chi connectivity index (χ0n) is 24.6. The molecule has 0 spiro atoms. The van der Waals surface area contributed by atoms with Gasteiger partial charge in [0.1, 0.15) is 6.04 Å². The summed E-state index contributed by atoms with van der Waals surface area (Å²) in [7, 11) is -2.51. The molecule has 3 aliphatic heterocycles. The molecular formula is C29H31FLiN5O8S-2. The number of likely N-dealkylation sites (tertiary alicyclic amines) is 1. The molecule has 13 nitrogen and oxygen atoms in total. The van der Waals surface area contributed by atoms with Gasteiger partial charge in [-0.2, -0.15) is 5.56 Å². The van der Waals surface area contributed by atoms with Gasteiger partial charge in [0.25, 0.3) is 11.8 Å². The van der Waals surface area contributed by atoms with Crippen molar-refractivity contribution < 1.29 is 60.7 Å². The zero-order chi connectivity index (χ0) is 32.0. The molecule has 2 fully saturated rings. The van der Waals surface area contributed by atoms with Crippen LogP contribution in [0.4, 0.5) is 10.1 Å². The van der Waals surface area contributed by atoms with Gasteiger partial charge < -0.3 is 40.2 Å². The Morgan fingerprint density at radius 2 is 1.84 bits per heavy atom. The largest absolute Gasteiger partial charge is 1.00 e. The number of piperidine rings is 1. The molecule has 2 atom stereocenters. The van der Waals surface area contributed by atoms with Crippen LogP contribution >= 0.6 is 0 Å². The first kappa shape index (κ1) is 35.6. The standard InChI is InChI=1S/C27H28FN4O5.C2H3NO3S.Li/c28-18-11-17(12-20(33)13-18)7-10-31-9-6-16(15-31)5-8-29-19-1-2-21-22(14-19)27(37)32(26(21)36)23-3-4-24(34)30-25(23)35;1-2(4)3-7(5)6;/h1-2,11-12,14,16,23,29,33H,3-10,15H2,(H,30,34,35);1H2,(H,3,4,5,6);/q-1;-2;+1/t16-,23?;;/m1../s1. The maximum absolute atomic E-state index is 13.4. The monoisotopic (exact) mass is 635 g/mol. The molecule has 2 aromatic carbocycles. The van der Waals surface area contributed by atoms with Crippen LogP contribution in [0.15, 0.2) is 30.3 Å². The molecule has 0 aromatic heterocycles. The first-order valence-electron chi connectivity index (χ1n) is 13.9. The van der Waals surface area contributed by atoms with Crippen molar-refractivity contribution in [3.63, 3.8) is 0 Å². The topological polar surface area (TPSA) is 182 Å². The number of carbonyl (C=O) groups excluding carboxylic acids is 5. The molecule has 5 rings (SSSR count). The van der Waals surface area contributed by atoms with E-state index in [0.717, 1.165) is 48.6 Å². The van der Waals surface area contributed by atoms with Gasteiger partial charge in [0, 0.05) is 54.2 Å². The van der Waals surface area contributed by atoms with Gasteiger partial charge in [0.2, 0.25) is 11.8 Å². The van der Waals surface area contributed by atoms with Gasteiger partial charge in [-0.1, -0.05) is 0 Å².